The zero-order valence-electron chi connectivity index (χ0n) is 15.1. The van der Waals surface area contributed by atoms with Gasteiger partial charge in [0.2, 0.25) is 5.91 Å². The molecule has 1 aromatic heterocycles. The predicted molar refractivity (Wildman–Crippen MR) is 109 cm³/mol. The molecule has 5 heteroatoms. The maximum Gasteiger partial charge on any atom is 0.224 e. The van der Waals surface area contributed by atoms with Gasteiger partial charge in [0.05, 0.1) is 25.2 Å². The van der Waals surface area contributed by atoms with Gasteiger partial charge in [0.25, 0.3) is 0 Å². The minimum Gasteiger partial charge on any atom is -0.349 e. The van der Waals surface area contributed by atoms with Gasteiger partial charge in [-0.3, -0.25) is 9.48 Å². The summed E-state index contributed by atoms with van der Waals surface area (Å²) in [4.78, 5) is 12.5. The van der Waals surface area contributed by atoms with Gasteiger partial charge in [0.15, 0.2) is 0 Å². The number of aromatic nitrogens is 2. The molecule has 0 fully saturated rings. The van der Waals surface area contributed by atoms with Gasteiger partial charge in [0.1, 0.15) is 0 Å². The molecule has 0 saturated carbocycles. The van der Waals surface area contributed by atoms with Crippen molar-refractivity contribution in [2.24, 2.45) is 0 Å². The molecule has 1 N–H and O–H groups in total. The highest BCUT2D eigenvalue weighted by atomic mass is 79.9. The summed E-state index contributed by atoms with van der Waals surface area (Å²) in [7, 11) is 0. The Hall–Kier alpha value is -2.40. The topological polar surface area (TPSA) is 46.9 Å². The number of carbonyl (C=O) groups is 1. The van der Waals surface area contributed by atoms with Crippen LogP contribution in [-0.2, 0) is 24.2 Å². The first-order valence-corrected chi connectivity index (χ1v) is 10.1. The lowest BCUT2D eigenvalue weighted by Gasteiger charge is -2.24. The van der Waals surface area contributed by atoms with Crippen LogP contribution in [0, 0.1) is 0 Å². The van der Waals surface area contributed by atoms with Gasteiger partial charge in [-0.05, 0) is 42.5 Å². The summed E-state index contributed by atoms with van der Waals surface area (Å²) >= 11 is 3.43. The first-order chi connectivity index (χ1) is 13.2. The first-order valence-electron chi connectivity index (χ1n) is 9.31. The fourth-order valence-corrected chi connectivity index (χ4v) is 3.96. The van der Waals surface area contributed by atoms with Crippen LogP contribution in [-0.4, -0.2) is 15.7 Å². The molecule has 2 aromatic carbocycles. The van der Waals surface area contributed by atoms with Crippen LogP contribution in [0.25, 0.3) is 0 Å². The monoisotopic (exact) mass is 423 g/mol. The number of benzene rings is 2. The van der Waals surface area contributed by atoms with E-state index in [1.165, 1.54) is 16.8 Å². The maximum absolute atomic E-state index is 12.5. The van der Waals surface area contributed by atoms with Gasteiger partial charge < -0.3 is 5.32 Å². The average Bonchev–Trinajstić information content (AvgIpc) is 3.08. The van der Waals surface area contributed by atoms with E-state index < -0.39 is 0 Å². The lowest BCUT2D eigenvalue weighted by molar-refractivity contribution is -0.121. The predicted octanol–water partition coefficient (Wildman–Crippen LogP) is 4.43. The molecule has 1 heterocycles. The summed E-state index contributed by atoms with van der Waals surface area (Å²) in [5.74, 6) is 0.0611. The number of rotatable bonds is 5. The number of carbonyl (C=O) groups excluding carboxylic acids is 1. The Morgan fingerprint density at radius 1 is 1.11 bits per heavy atom. The van der Waals surface area contributed by atoms with E-state index in [4.69, 9.17) is 0 Å². The molecule has 1 aliphatic carbocycles. The second-order valence-corrected chi connectivity index (χ2v) is 7.92. The van der Waals surface area contributed by atoms with Crippen molar-refractivity contribution in [1.29, 1.82) is 0 Å². The largest absolute Gasteiger partial charge is 0.349 e. The van der Waals surface area contributed by atoms with E-state index in [9.17, 15) is 4.79 Å². The van der Waals surface area contributed by atoms with Crippen molar-refractivity contribution in [3.05, 3.63) is 87.7 Å². The molecule has 1 atom stereocenters. The van der Waals surface area contributed by atoms with Crippen molar-refractivity contribution in [2.45, 2.75) is 38.3 Å². The van der Waals surface area contributed by atoms with Gasteiger partial charge >= 0.3 is 0 Å². The zero-order chi connectivity index (χ0) is 18.6. The number of nitrogens with zero attached hydrogens (tertiary/aromatic N) is 2. The fraction of sp³-hybridized carbons (Fsp3) is 0.273. The molecule has 27 heavy (non-hydrogen) atoms. The van der Waals surface area contributed by atoms with Gasteiger partial charge in [-0.1, -0.05) is 58.4 Å². The van der Waals surface area contributed by atoms with Crippen LogP contribution < -0.4 is 5.32 Å². The van der Waals surface area contributed by atoms with Crippen molar-refractivity contribution in [2.75, 3.05) is 0 Å². The molecule has 4 nitrogen and oxygen atoms in total. The summed E-state index contributed by atoms with van der Waals surface area (Å²) in [6, 6.07) is 18.3. The zero-order valence-corrected chi connectivity index (χ0v) is 16.7. The van der Waals surface area contributed by atoms with Crippen LogP contribution in [0.15, 0.2) is 65.3 Å². The second-order valence-electron chi connectivity index (χ2n) is 7.01. The van der Waals surface area contributed by atoms with Crippen molar-refractivity contribution >= 4 is 21.8 Å². The van der Waals surface area contributed by atoms with Crippen molar-refractivity contribution < 1.29 is 4.79 Å². The standard InChI is InChI=1S/C22H22BrN3O/c23-18-11-9-16(10-12-18)13-22(27)25-20-7-4-8-21-19(20)14-24-26(21)15-17-5-2-1-3-6-17/h1-3,5-6,9-12,14,20H,4,7-8,13,15H2,(H,25,27). The van der Waals surface area contributed by atoms with Gasteiger partial charge in [0, 0.05) is 15.7 Å². The first kappa shape index (κ1) is 18.0. The highest BCUT2D eigenvalue weighted by Gasteiger charge is 2.25. The molecule has 138 valence electrons. The number of halogens is 1. The van der Waals surface area contributed by atoms with Crippen LogP contribution >= 0.6 is 15.9 Å². The Balaban J connectivity index is 1.45. The van der Waals surface area contributed by atoms with Crippen LogP contribution in [0.3, 0.4) is 0 Å². The Labute approximate surface area is 167 Å². The van der Waals surface area contributed by atoms with E-state index in [1.807, 2.05) is 36.5 Å². The molecule has 4 rings (SSSR count). The van der Waals surface area contributed by atoms with E-state index in [2.05, 4.69) is 55.3 Å². The molecule has 1 aliphatic rings. The van der Waals surface area contributed by atoms with Crippen LogP contribution in [0.5, 0.6) is 0 Å². The van der Waals surface area contributed by atoms with Crippen LogP contribution in [0.4, 0.5) is 0 Å². The third kappa shape index (κ3) is 4.30. The molecule has 0 aliphatic heterocycles. The Bertz CT molecular complexity index is 918. The lowest BCUT2D eigenvalue weighted by atomic mass is 9.92. The Kier molecular flexibility index (Phi) is 5.39. The number of hydrogen-bond donors (Lipinski definition) is 1. The Morgan fingerprint density at radius 2 is 1.89 bits per heavy atom. The lowest BCUT2D eigenvalue weighted by Crippen LogP contribution is -2.32. The van der Waals surface area contributed by atoms with E-state index >= 15 is 0 Å². The number of fused-ring (bicyclic) bond motifs is 1. The minimum absolute atomic E-state index is 0.0567. The normalized spacial score (nSPS) is 16.0. The summed E-state index contributed by atoms with van der Waals surface area (Å²) in [5.41, 5.74) is 4.68. The summed E-state index contributed by atoms with van der Waals surface area (Å²) in [5, 5.41) is 7.82. The quantitative estimate of drug-likeness (QED) is 0.659. The highest BCUT2D eigenvalue weighted by Crippen LogP contribution is 2.30. The smallest absolute Gasteiger partial charge is 0.224 e. The third-order valence-electron chi connectivity index (χ3n) is 5.05. The molecule has 1 unspecified atom stereocenters. The SMILES string of the molecule is O=C(Cc1ccc(Br)cc1)NC1CCCc2c1cnn2Cc1ccccc1. The van der Waals surface area contributed by atoms with E-state index in [1.54, 1.807) is 0 Å². The van der Waals surface area contributed by atoms with Gasteiger partial charge in [-0.2, -0.15) is 5.10 Å². The average molecular weight is 424 g/mol. The fourth-order valence-electron chi connectivity index (χ4n) is 3.69. The van der Waals surface area contributed by atoms with Crippen molar-refractivity contribution in [3.63, 3.8) is 0 Å². The molecule has 0 spiro atoms. The van der Waals surface area contributed by atoms with E-state index in [0.29, 0.717) is 6.42 Å². The maximum atomic E-state index is 12.5. The molecular weight excluding hydrogens is 402 g/mol. The number of hydrogen-bond acceptors (Lipinski definition) is 2. The van der Waals surface area contributed by atoms with E-state index in [0.717, 1.165) is 35.8 Å². The highest BCUT2D eigenvalue weighted by molar-refractivity contribution is 9.10. The van der Waals surface area contributed by atoms with Crippen LogP contribution in [0.2, 0.25) is 0 Å². The molecule has 0 bridgehead atoms. The Morgan fingerprint density at radius 3 is 2.67 bits per heavy atom. The molecule has 3 aromatic rings. The van der Waals surface area contributed by atoms with Gasteiger partial charge in [-0.25, -0.2) is 0 Å². The summed E-state index contributed by atoms with van der Waals surface area (Å²) in [6.45, 7) is 0.774. The number of amides is 1. The van der Waals surface area contributed by atoms with E-state index in [-0.39, 0.29) is 11.9 Å². The molecule has 1 amide bonds. The molecular formula is C22H22BrN3O. The van der Waals surface area contributed by atoms with Crippen LogP contribution in [0.1, 0.15) is 41.3 Å². The second kappa shape index (κ2) is 8.09. The summed E-state index contributed by atoms with van der Waals surface area (Å²) < 4.78 is 3.10. The number of nitrogens with one attached hydrogen (secondary N) is 1. The molecule has 0 saturated heterocycles. The third-order valence-corrected chi connectivity index (χ3v) is 5.58. The van der Waals surface area contributed by atoms with Crippen molar-refractivity contribution in [1.82, 2.24) is 15.1 Å². The van der Waals surface area contributed by atoms with Gasteiger partial charge in [-0.15, -0.1) is 0 Å². The minimum atomic E-state index is 0.0567. The molecule has 0 radical (unpaired) electrons. The summed E-state index contributed by atoms with van der Waals surface area (Å²) in [6.07, 6.45) is 5.38. The van der Waals surface area contributed by atoms with Crippen molar-refractivity contribution in [3.8, 4) is 0 Å².